The quantitative estimate of drug-likeness (QED) is 0.687. The van der Waals surface area contributed by atoms with Crippen LogP contribution in [0.2, 0.25) is 0 Å². The van der Waals surface area contributed by atoms with Gasteiger partial charge < -0.3 is 9.30 Å². The van der Waals surface area contributed by atoms with Gasteiger partial charge in [0.15, 0.2) is 0 Å². The molecule has 0 aliphatic carbocycles. The van der Waals surface area contributed by atoms with Crippen LogP contribution < -0.4 is 4.74 Å². The smallest absolute Gasteiger partial charge is 0.128 e. The maximum atomic E-state index is 6.26. The lowest BCUT2D eigenvalue weighted by molar-refractivity contribution is 0.415. The highest BCUT2D eigenvalue weighted by Gasteiger charge is 2.16. The van der Waals surface area contributed by atoms with Gasteiger partial charge in [-0.05, 0) is 19.1 Å². The number of thiazole rings is 1. The van der Waals surface area contributed by atoms with Crippen LogP contribution in [-0.4, -0.2) is 21.6 Å². The van der Waals surface area contributed by atoms with Gasteiger partial charge in [0.25, 0.3) is 0 Å². The second-order valence-electron chi connectivity index (χ2n) is 4.45. The van der Waals surface area contributed by atoms with E-state index in [1.807, 2.05) is 36.7 Å². The first-order valence-electron chi connectivity index (χ1n) is 6.25. The Morgan fingerprint density at radius 3 is 2.95 bits per heavy atom. The van der Waals surface area contributed by atoms with Crippen LogP contribution in [-0.2, 0) is 6.54 Å². The van der Waals surface area contributed by atoms with Gasteiger partial charge in [-0.15, -0.1) is 22.9 Å². The highest BCUT2D eigenvalue weighted by Crippen LogP contribution is 2.28. The normalized spacial score (nSPS) is 12.8. The Hall–Kier alpha value is -1.59. The topological polar surface area (TPSA) is 39.9 Å². The van der Waals surface area contributed by atoms with Crippen LogP contribution in [0.4, 0.5) is 0 Å². The Kier molecular flexibility index (Phi) is 3.63. The van der Waals surface area contributed by atoms with Crippen LogP contribution in [0.1, 0.15) is 23.1 Å². The first-order chi connectivity index (χ1) is 9.69. The average molecular weight is 308 g/mol. The molecule has 1 atom stereocenters. The van der Waals surface area contributed by atoms with Gasteiger partial charge in [0, 0.05) is 17.6 Å². The number of aromatic nitrogens is 3. The van der Waals surface area contributed by atoms with Crippen LogP contribution in [0, 0.1) is 0 Å². The Bertz CT molecular complexity index is 721. The molecule has 0 bridgehead atoms. The summed E-state index contributed by atoms with van der Waals surface area (Å²) >= 11 is 7.89. The monoisotopic (exact) mass is 307 g/mol. The Labute approximate surface area is 126 Å². The van der Waals surface area contributed by atoms with Crippen molar-refractivity contribution in [2.75, 3.05) is 7.11 Å². The van der Waals surface area contributed by atoms with E-state index in [0.717, 1.165) is 27.6 Å². The first-order valence-corrected chi connectivity index (χ1v) is 7.57. The van der Waals surface area contributed by atoms with Gasteiger partial charge in [-0.2, -0.15) is 0 Å². The fraction of sp³-hybridized carbons (Fsp3) is 0.286. The lowest BCUT2D eigenvalue weighted by atomic mass is 10.3. The van der Waals surface area contributed by atoms with Gasteiger partial charge in [0.2, 0.25) is 0 Å². The number of ether oxygens (including phenoxy) is 1. The number of rotatable bonds is 4. The summed E-state index contributed by atoms with van der Waals surface area (Å²) in [4.78, 5) is 8.96. The number of hydrogen-bond donors (Lipinski definition) is 0. The molecule has 1 aromatic carbocycles. The molecule has 3 aromatic rings. The third-order valence-corrected chi connectivity index (χ3v) is 4.08. The van der Waals surface area contributed by atoms with Crippen molar-refractivity contribution in [3.63, 3.8) is 0 Å². The molecule has 4 nitrogen and oxygen atoms in total. The molecule has 0 spiro atoms. The number of benzene rings is 1. The molecule has 2 aromatic heterocycles. The van der Waals surface area contributed by atoms with E-state index < -0.39 is 0 Å². The van der Waals surface area contributed by atoms with Crippen molar-refractivity contribution in [3.05, 3.63) is 40.6 Å². The van der Waals surface area contributed by atoms with E-state index >= 15 is 0 Å². The second-order valence-corrected chi connectivity index (χ2v) is 6.09. The van der Waals surface area contributed by atoms with Gasteiger partial charge in [-0.1, -0.05) is 0 Å². The van der Waals surface area contributed by atoms with Gasteiger partial charge in [-0.3, -0.25) is 0 Å². The van der Waals surface area contributed by atoms with E-state index in [-0.39, 0.29) is 5.38 Å². The molecule has 0 radical (unpaired) electrons. The summed E-state index contributed by atoms with van der Waals surface area (Å²) < 4.78 is 7.40. The lowest BCUT2D eigenvalue weighted by Crippen LogP contribution is -2.05. The van der Waals surface area contributed by atoms with Crippen LogP contribution in [0.15, 0.2) is 29.8 Å². The zero-order valence-corrected chi connectivity index (χ0v) is 12.8. The Morgan fingerprint density at radius 1 is 1.45 bits per heavy atom. The van der Waals surface area contributed by atoms with Gasteiger partial charge in [0.05, 0.1) is 30.1 Å². The van der Waals surface area contributed by atoms with Crippen molar-refractivity contribution in [1.82, 2.24) is 14.5 Å². The maximum Gasteiger partial charge on any atom is 0.128 e. The SMILES string of the molecule is COc1ccc2nc(C(C)Cl)n(Cc3nccs3)c2c1. The van der Waals surface area contributed by atoms with Crippen molar-refractivity contribution in [1.29, 1.82) is 0 Å². The summed E-state index contributed by atoms with van der Waals surface area (Å²) in [6.07, 6.45) is 1.81. The molecular weight excluding hydrogens is 294 g/mol. The minimum Gasteiger partial charge on any atom is -0.497 e. The number of halogens is 1. The fourth-order valence-corrected chi connectivity index (χ4v) is 2.96. The molecule has 3 rings (SSSR count). The highest BCUT2D eigenvalue weighted by atomic mass is 35.5. The van der Waals surface area contributed by atoms with Crippen molar-refractivity contribution >= 4 is 34.0 Å². The third-order valence-electron chi connectivity index (χ3n) is 3.12. The zero-order valence-electron chi connectivity index (χ0n) is 11.2. The second kappa shape index (κ2) is 5.42. The lowest BCUT2D eigenvalue weighted by Gasteiger charge is -2.09. The van der Waals surface area contributed by atoms with Gasteiger partial charge in [0.1, 0.15) is 16.6 Å². The van der Waals surface area contributed by atoms with Gasteiger partial charge >= 0.3 is 0 Å². The first kappa shape index (κ1) is 13.4. The largest absolute Gasteiger partial charge is 0.497 e. The molecule has 20 heavy (non-hydrogen) atoms. The average Bonchev–Trinajstić information content (AvgIpc) is 3.07. The predicted molar refractivity (Wildman–Crippen MR) is 81.8 cm³/mol. The summed E-state index contributed by atoms with van der Waals surface area (Å²) in [5, 5.41) is 2.85. The maximum absolute atomic E-state index is 6.26. The number of hydrogen-bond acceptors (Lipinski definition) is 4. The molecule has 2 heterocycles. The summed E-state index contributed by atoms with van der Waals surface area (Å²) in [5.74, 6) is 1.66. The summed E-state index contributed by atoms with van der Waals surface area (Å²) in [6.45, 7) is 2.60. The molecule has 1 unspecified atom stereocenters. The predicted octanol–water partition coefficient (Wildman–Crippen LogP) is 3.85. The molecular formula is C14H14ClN3OS. The van der Waals surface area contributed by atoms with E-state index in [0.29, 0.717) is 6.54 Å². The standard InChI is InChI=1S/C14H14ClN3OS/c1-9(15)14-17-11-4-3-10(19-2)7-12(11)18(14)8-13-16-5-6-20-13/h3-7,9H,8H2,1-2H3. The number of methoxy groups -OCH3 is 1. The third kappa shape index (κ3) is 2.39. The molecule has 0 aliphatic rings. The van der Waals surface area contributed by atoms with Crippen LogP contribution >= 0.6 is 22.9 Å². The number of nitrogens with zero attached hydrogens (tertiary/aromatic N) is 3. The summed E-state index contributed by atoms with van der Waals surface area (Å²) in [5.41, 5.74) is 1.94. The number of alkyl halides is 1. The van der Waals surface area contributed by atoms with Gasteiger partial charge in [-0.25, -0.2) is 9.97 Å². The fourth-order valence-electron chi connectivity index (χ4n) is 2.18. The van der Waals surface area contributed by atoms with E-state index in [4.69, 9.17) is 16.3 Å². The van der Waals surface area contributed by atoms with Crippen molar-refractivity contribution < 1.29 is 4.74 Å². The van der Waals surface area contributed by atoms with E-state index in [9.17, 15) is 0 Å². The number of imidazole rings is 1. The van der Waals surface area contributed by atoms with E-state index in [1.165, 1.54) is 0 Å². The van der Waals surface area contributed by atoms with Crippen molar-refractivity contribution in [2.24, 2.45) is 0 Å². The van der Waals surface area contributed by atoms with Crippen molar-refractivity contribution in [3.8, 4) is 5.75 Å². The number of fused-ring (bicyclic) bond motifs is 1. The zero-order chi connectivity index (χ0) is 14.1. The molecule has 104 valence electrons. The minimum absolute atomic E-state index is 0.159. The molecule has 0 saturated heterocycles. The van der Waals surface area contributed by atoms with E-state index in [1.54, 1.807) is 18.4 Å². The minimum atomic E-state index is -0.159. The Morgan fingerprint density at radius 2 is 2.30 bits per heavy atom. The summed E-state index contributed by atoms with van der Waals surface area (Å²) in [7, 11) is 1.66. The molecule has 0 fully saturated rings. The molecule has 0 aliphatic heterocycles. The molecule has 0 amide bonds. The van der Waals surface area contributed by atoms with Crippen LogP contribution in [0.25, 0.3) is 11.0 Å². The molecule has 0 saturated carbocycles. The molecule has 6 heteroatoms. The highest BCUT2D eigenvalue weighted by molar-refractivity contribution is 7.09. The molecule has 0 N–H and O–H groups in total. The Balaban J connectivity index is 2.16. The van der Waals surface area contributed by atoms with E-state index in [2.05, 4.69) is 14.5 Å². The summed E-state index contributed by atoms with van der Waals surface area (Å²) in [6, 6.07) is 5.85. The van der Waals surface area contributed by atoms with Crippen LogP contribution in [0.5, 0.6) is 5.75 Å². The van der Waals surface area contributed by atoms with Crippen LogP contribution in [0.3, 0.4) is 0 Å². The van der Waals surface area contributed by atoms with Crippen molar-refractivity contribution in [2.45, 2.75) is 18.8 Å².